The van der Waals surface area contributed by atoms with Crippen molar-refractivity contribution in [1.82, 2.24) is 4.90 Å². The van der Waals surface area contributed by atoms with Gasteiger partial charge in [-0.3, -0.25) is 4.79 Å². The molecular weight excluding hydrogens is 212 g/mol. The number of nitrogen functional groups attached to an aromatic ring is 1. The van der Waals surface area contributed by atoms with Gasteiger partial charge < -0.3 is 10.6 Å². The van der Waals surface area contributed by atoms with Gasteiger partial charge in [0.15, 0.2) is 0 Å². The van der Waals surface area contributed by atoms with E-state index in [0.717, 1.165) is 30.1 Å². The minimum atomic E-state index is 0.115. The Hall–Kier alpha value is -1.51. The molecule has 17 heavy (non-hydrogen) atoms. The van der Waals surface area contributed by atoms with E-state index >= 15 is 0 Å². The molecule has 0 saturated heterocycles. The summed E-state index contributed by atoms with van der Waals surface area (Å²) in [7, 11) is 0. The van der Waals surface area contributed by atoms with Gasteiger partial charge in [-0.15, -0.1) is 0 Å². The van der Waals surface area contributed by atoms with Crippen LogP contribution in [0.2, 0.25) is 0 Å². The number of benzene rings is 1. The van der Waals surface area contributed by atoms with Gasteiger partial charge in [0.2, 0.25) is 0 Å². The van der Waals surface area contributed by atoms with Crippen LogP contribution in [0.3, 0.4) is 0 Å². The predicted octanol–water partition coefficient (Wildman–Crippen LogP) is 2.45. The third-order valence-corrected chi connectivity index (χ3v) is 3.45. The molecule has 1 aromatic rings. The number of anilines is 1. The Bertz CT molecular complexity index is 424. The van der Waals surface area contributed by atoms with Gasteiger partial charge in [0.05, 0.1) is 0 Å². The Morgan fingerprint density at radius 1 is 1.47 bits per heavy atom. The average Bonchev–Trinajstić information content (AvgIpc) is 3.13. The van der Waals surface area contributed by atoms with Crippen molar-refractivity contribution in [3.63, 3.8) is 0 Å². The van der Waals surface area contributed by atoms with Crippen LogP contribution in [0.15, 0.2) is 18.2 Å². The Morgan fingerprint density at radius 2 is 2.18 bits per heavy atom. The van der Waals surface area contributed by atoms with E-state index in [-0.39, 0.29) is 5.91 Å². The van der Waals surface area contributed by atoms with E-state index in [1.165, 1.54) is 12.8 Å². The number of nitrogens with zero attached hydrogens (tertiary/aromatic N) is 1. The van der Waals surface area contributed by atoms with Gasteiger partial charge in [0.1, 0.15) is 0 Å². The maximum absolute atomic E-state index is 12.4. The number of amides is 1. The van der Waals surface area contributed by atoms with Crippen LogP contribution in [0.5, 0.6) is 0 Å². The van der Waals surface area contributed by atoms with E-state index in [1.807, 2.05) is 36.9 Å². The molecule has 3 heteroatoms. The summed E-state index contributed by atoms with van der Waals surface area (Å²) >= 11 is 0. The second kappa shape index (κ2) is 4.78. The van der Waals surface area contributed by atoms with Crippen LogP contribution in [-0.4, -0.2) is 23.9 Å². The van der Waals surface area contributed by atoms with Gasteiger partial charge in [-0.05, 0) is 50.3 Å². The second-order valence-corrected chi connectivity index (χ2v) is 4.81. The van der Waals surface area contributed by atoms with Crippen molar-refractivity contribution >= 4 is 11.6 Å². The molecule has 92 valence electrons. The summed E-state index contributed by atoms with van der Waals surface area (Å²) in [5, 5.41) is 0. The molecule has 2 N–H and O–H groups in total. The molecule has 1 aromatic carbocycles. The van der Waals surface area contributed by atoms with Crippen LogP contribution in [0.25, 0.3) is 0 Å². The standard InChI is InChI=1S/C14H20N2O/c1-3-16(9-11-7-8-11)14(17)12-5-4-6-13(15)10(12)2/h4-6,11H,3,7-9,15H2,1-2H3. The maximum atomic E-state index is 12.4. The van der Waals surface area contributed by atoms with Gasteiger partial charge >= 0.3 is 0 Å². The van der Waals surface area contributed by atoms with Crippen LogP contribution in [0.1, 0.15) is 35.7 Å². The molecule has 0 atom stereocenters. The third-order valence-electron chi connectivity index (χ3n) is 3.45. The molecule has 1 aliphatic carbocycles. The lowest BCUT2D eigenvalue weighted by Crippen LogP contribution is -2.33. The topological polar surface area (TPSA) is 46.3 Å². The van der Waals surface area contributed by atoms with E-state index in [2.05, 4.69) is 0 Å². The molecule has 3 nitrogen and oxygen atoms in total. The largest absolute Gasteiger partial charge is 0.398 e. The minimum absolute atomic E-state index is 0.115. The monoisotopic (exact) mass is 232 g/mol. The smallest absolute Gasteiger partial charge is 0.254 e. The van der Waals surface area contributed by atoms with Crippen molar-refractivity contribution in [2.75, 3.05) is 18.8 Å². The average molecular weight is 232 g/mol. The molecule has 0 spiro atoms. The summed E-state index contributed by atoms with van der Waals surface area (Å²) in [4.78, 5) is 14.3. The van der Waals surface area contributed by atoms with Crippen LogP contribution < -0.4 is 5.73 Å². The van der Waals surface area contributed by atoms with Crippen molar-refractivity contribution < 1.29 is 4.79 Å². The van der Waals surface area contributed by atoms with E-state index in [0.29, 0.717) is 5.69 Å². The third kappa shape index (κ3) is 2.60. The molecule has 0 radical (unpaired) electrons. The van der Waals surface area contributed by atoms with Crippen LogP contribution in [0, 0.1) is 12.8 Å². The predicted molar refractivity (Wildman–Crippen MR) is 69.9 cm³/mol. The van der Waals surface area contributed by atoms with Crippen molar-refractivity contribution in [2.45, 2.75) is 26.7 Å². The zero-order chi connectivity index (χ0) is 12.4. The first-order valence-electron chi connectivity index (χ1n) is 6.27. The molecular formula is C14H20N2O. The van der Waals surface area contributed by atoms with E-state index in [4.69, 9.17) is 5.73 Å². The first-order valence-corrected chi connectivity index (χ1v) is 6.27. The Kier molecular flexibility index (Phi) is 3.36. The Morgan fingerprint density at radius 3 is 2.76 bits per heavy atom. The summed E-state index contributed by atoms with van der Waals surface area (Å²) < 4.78 is 0. The van der Waals surface area contributed by atoms with E-state index < -0.39 is 0 Å². The van der Waals surface area contributed by atoms with Crippen LogP contribution in [0.4, 0.5) is 5.69 Å². The fourth-order valence-electron chi connectivity index (χ4n) is 2.02. The summed E-state index contributed by atoms with van der Waals surface area (Å²) in [5.41, 5.74) is 8.17. The molecule has 0 aromatic heterocycles. The van der Waals surface area contributed by atoms with E-state index in [1.54, 1.807) is 0 Å². The number of nitrogens with two attached hydrogens (primary N) is 1. The Labute approximate surface area is 103 Å². The fraction of sp³-hybridized carbons (Fsp3) is 0.500. The van der Waals surface area contributed by atoms with Crippen LogP contribution in [-0.2, 0) is 0 Å². The molecule has 1 aliphatic rings. The van der Waals surface area contributed by atoms with Crippen molar-refractivity contribution in [3.8, 4) is 0 Å². The number of hydrogen-bond donors (Lipinski definition) is 1. The second-order valence-electron chi connectivity index (χ2n) is 4.81. The summed E-state index contributed by atoms with van der Waals surface area (Å²) in [6.45, 7) is 5.60. The molecule has 0 bridgehead atoms. The zero-order valence-electron chi connectivity index (χ0n) is 10.6. The molecule has 1 amide bonds. The molecule has 1 fully saturated rings. The lowest BCUT2D eigenvalue weighted by atomic mass is 10.1. The van der Waals surface area contributed by atoms with Crippen molar-refractivity contribution in [1.29, 1.82) is 0 Å². The first-order chi connectivity index (χ1) is 8.13. The van der Waals surface area contributed by atoms with Gasteiger partial charge in [0, 0.05) is 24.3 Å². The number of rotatable bonds is 4. The van der Waals surface area contributed by atoms with Crippen LogP contribution >= 0.6 is 0 Å². The maximum Gasteiger partial charge on any atom is 0.254 e. The molecule has 2 rings (SSSR count). The molecule has 0 heterocycles. The lowest BCUT2D eigenvalue weighted by molar-refractivity contribution is 0.0756. The van der Waals surface area contributed by atoms with Crippen molar-refractivity contribution in [2.24, 2.45) is 5.92 Å². The Balaban J connectivity index is 2.18. The number of carbonyl (C=O) groups excluding carboxylic acids is 1. The van der Waals surface area contributed by atoms with E-state index in [9.17, 15) is 4.79 Å². The molecule has 0 unspecified atom stereocenters. The summed E-state index contributed by atoms with van der Waals surface area (Å²) in [5.74, 6) is 0.837. The highest BCUT2D eigenvalue weighted by atomic mass is 16.2. The zero-order valence-corrected chi connectivity index (χ0v) is 10.6. The fourth-order valence-corrected chi connectivity index (χ4v) is 2.02. The summed E-state index contributed by atoms with van der Waals surface area (Å²) in [6, 6.07) is 5.55. The highest BCUT2D eigenvalue weighted by Crippen LogP contribution is 2.30. The number of carbonyl (C=O) groups is 1. The molecule has 1 saturated carbocycles. The quantitative estimate of drug-likeness (QED) is 0.810. The van der Waals surface area contributed by atoms with Gasteiger partial charge in [-0.25, -0.2) is 0 Å². The normalized spacial score (nSPS) is 14.7. The SMILES string of the molecule is CCN(CC1CC1)C(=O)c1cccc(N)c1C. The first kappa shape index (κ1) is 12.0. The lowest BCUT2D eigenvalue weighted by Gasteiger charge is -2.22. The number of hydrogen-bond acceptors (Lipinski definition) is 2. The van der Waals surface area contributed by atoms with Crippen molar-refractivity contribution in [3.05, 3.63) is 29.3 Å². The van der Waals surface area contributed by atoms with Gasteiger partial charge in [0.25, 0.3) is 5.91 Å². The molecule has 0 aliphatic heterocycles. The minimum Gasteiger partial charge on any atom is -0.398 e. The highest BCUT2D eigenvalue weighted by Gasteiger charge is 2.27. The van der Waals surface area contributed by atoms with Gasteiger partial charge in [-0.1, -0.05) is 6.07 Å². The summed E-state index contributed by atoms with van der Waals surface area (Å²) in [6.07, 6.45) is 2.53. The van der Waals surface area contributed by atoms with Gasteiger partial charge in [-0.2, -0.15) is 0 Å². The highest BCUT2D eigenvalue weighted by molar-refractivity contribution is 5.96.